The summed E-state index contributed by atoms with van der Waals surface area (Å²) >= 11 is 12.0. The summed E-state index contributed by atoms with van der Waals surface area (Å²) in [7, 11) is 0. The Morgan fingerprint density at radius 2 is 2.06 bits per heavy atom. The number of rotatable bonds is 4. The summed E-state index contributed by atoms with van der Waals surface area (Å²) in [5.41, 5.74) is 1.31. The summed E-state index contributed by atoms with van der Waals surface area (Å²) in [5.74, 6) is 0.778. The summed E-state index contributed by atoms with van der Waals surface area (Å²) in [6.45, 7) is 3.26. The molecule has 0 amide bonds. The smallest absolute Gasteiger partial charge is 0.0595 e. The van der Waals surface area contributed by atoms with E-state index in [0.717, 1.165) is 18.9 Å². The van der Waals surface area contributed by atoms with Gasteiger partial charge in [-0.25, -0.2) is 0 Å². The van der Waals surface area contributed by atoms with E-state index in [-0.39, 0.29) is 0 Å². The quantitative estimate of drug-likeness (QED) is 0.845. The molecule has 0 heterocycles. The van der Waals surface area contributed by atoms with Crippen molar-refractivity contribution in [2.75, 3.05) is 6.54 Å². The van der Waals surface area contributed by atoms with E-state index in [0.29, 0.717) is 16.1 Å². The maximum atomic E-state index is 6.07. The van der Waals surface area contributed by atoms with E-state index < -0.39 is 0 Å². The van der Waals surface area contributed by atoms with Crippen LogP contribution in [0.5, 0.6) is 0 Å². The van der Waals surface area contributed by atoms with Gasteiger partial charge in [0.25, 0.3) is 0 Å². The summed E-state index contributed by atoms with van der Waals surface area (Å²) in [6, 6.07) is 6.73. The Hall–Kier alpha value is -0.240. The van der Waals surface area contributed by atoms with E-state index in [1.165, 1.54) is 31.2 Å². The molecule has 2 atom stereocenters. The molecule has 100 valence electrons. The normalized spacial score (nSPS) is 24.2. The predicted octanol–water partition coefficient (Wildman–Crippen LogP) is 4.70. The molecular formula is C15H21Cl2N. The lowest BCUT2D eigenvalue weighted by Gasteiger charge is -2.29. The topological polar surface area (TPSA) is 12.0 Å². The molecule has 1 aliphatic rings. The molecule has 1 N–H and O–H groups in total. The number of benzene rings is 1. The average Bonchev–Trinajstić information content (AvgIpc) is 2.35. The first-order valence-electron chi connectivity index (χ1n) is 6.86. The van der Waals surface area contributed by atoms with Crippen LogP contribution in [0.4, 0.5) is 0 Å². The maximum Gasteiger partial charge on any atom is 0.0595 e. The fraction of sp³-hybridized carbons (Fsp3) is 0.600. The van der Waals surface area contributed by atoms with Crippen molar-refractivity contribution in [1.29, 1.82) is 0 Å². The molecule has 1 aromatic carbocycles. The van der Waals surface area contributed by atoms with Crippen molar-refractivity contribution in [3.8, 4) is 0 Å². The Morgan fingerprint density at radius 1 is 1.22 bits per heavy atom. The standard InChI is InChI=1S/C15H21Cl2N/c1-2-18-13-5-3-4-11(9-13)8-12-6-7-14(16)15(17)10-12/h6-7,10-11,13,18H,2-5,8-9H2,1H3. The van der Waals surface area contributed by atoms with E-state index in [2.05, 4.69) is 18.3 Å². The van der Waals surface area contributed by atoms with Gasteiger partial charge >= 0.3 is 0 Å². The minimum Gasteiger partial charge on any atom is -0.314 e. The summed E-state index contributed by atoms with van der Waals surface area (Å²) in [6.07, 6.45) is 6.41. The first-order valence-corrected chi connectivity index (χ1v) is 7.62. The number of hydrogen-bond donors (Lipinski definition) is 1. The van der Waals surface area contributed by atoms with Crippen molar-refractivity contribution in [2.45, 2.75) is 45.1 Å². The van der Waals surface area contributed by atoms with Gasteiger partial charge in [0.05, 0.1) is 10.0 Å². The zero-order valence-electron chi connectivity index (χ0n) is 10.9. The summed E-state index contributed by atoms with van der Waals surface area (Å²) < 4.78 is 0. The third-order valence-corrected chi connectivity index (χ3v) is 4.52. The maximum absolute atomic E-state index is 6.07. The van der Waals surface area contributed by atoms with Crippen LogP contribution in [0.2, 0.25) is 10.0 Å². The Balaban J connectivity index is 1.93. The molecule has 1 saturated carbocycles. The first-order chi connectivity index (χ1) is 8.69. The minimum absolute atomic E-state index is 0.648. The summed E-state index contributed by atoms with van der Waals surface area (Å²) in [5, 5.41) is 4.90. The lowest BCUT2D eigenvalue weighted by atomic mass is 9.82. The average molecular weight is 286 g/mol. The van der Waals surface area contributed by atoms with E-state index in [1.807, 2.05) is 12.1 Å². The van der Waals surface area contributed by atoms with Crippen LogP contribution in [0.15, 0.2) is 18.2 Å². The van der Waals surface area contributed by atoms with Crippen LogP contribution in [0.25, 0.3) is 0 Å². The van der Waals surface area contributed by atoms with Gasteiger partial charge < -0.3 is 5.32 Å². The molecule has 0 bridgehead atoms. The van der Waals surface area contributed by atoms with Gasteiger partial charge in [-0.1, -0.05) is 49.0 Å². The highest BCUT2D eigenvalue weighted by Crippen LogP contribution is 2.29. The van der Waals surface area contributed by atoms with E-state index in [1.54, 1.807) is 0 Å². The highest BCUT2D eigenvalue weighted by molar-refractivity contribution is 6.42. The van der Waals surface area contributed by atoms with Crippen molar-refractivity contribution >= 4 is 23.2 Å². The predicted molar refractivity (Wildman–Crippen MR) is 79.6 cm³/mol. The zero-order valence-corrected chi connectivity index (χ0v) is 12.4. The molecule has 0 saturated heterocycles. The number of hydrogen-bond acceptors (Lipinski definition) is 1. The molecule has 1 nitrogen and oxygen atoms in total. The van der Waals surface area contributed by atoms with E-state index in [4.69, 9.17) is 23.2 Å². The van der Waals surface area contributed by atoms with Crippen LogP contribution in [-0.4, -0.2) is 12.6 Å². The highest BCUT2D eigenvalue weighted by Gasteiger charge is 2.21. The number of halogens is 2. The van der Waals surface area contributed by atoms with Crippen LogP contribution in [0, 0.1) is 5.92 Å². The Kier molecular flexibility index (Phi) is 5.35. The van der Waals surface area contributed by atoms with Crippen molar-refractivity contribution in [3.05, 3.63) is 33.8 Å². The molecule has 1 fully saturated rings. The molecule has 0 radical (unpaired) electrons. The van der Waals surface area contributed by atoms with Gasteiger partial charge in [-0.05, 0) is 49.4 Å². The van der Waals surface area contributed by atoms with Gasteiger partial charge in [-0.2, -0.15) is 0 Å². The van der Waals surface area contributed by atoms with E-state index >= 15 is 0 Å². The molecule has 2 rings (SSSR count). The molecular weight excluding hydrogens is 265 g/mol. The minimum atomic E-state index is 0.648. The first kappa shape index (κ1) is 14.2. The SMILES string of the molecule is CCNC1CCCC(Cc2ccc(Cl)c(Cl)c2)C1. The molecule has 3 heteroatoms. The fourth-order valence-corrected chi connectivity index (χ4v) is 3.27. The fourth-order valence-electron chi connectivity index (χ4n) is 2.95. The van der Waals surface area contributed by atoms with Gasteiger partial charge in [0.1, 0.15) is 0 Å². The van der Waals surface area contributed by atoms with Crippen LogP contribution < -0.4 is 5.32 Å². The van der Waals surface area contributed by atoms with Gasteiger partial charge in [-0.3, -0.25) is 0 Å². The van der Waals surface area contributed by atoms with Gasteiger partial charge in [0.15, 0.2) is 0 Å². The van der Waals surface area contributed by atoms with Crippen molar-refractivity contribution < 1.29 is 0 Å². The Morgan fingerprint density at radius 3 is 2.78 bits per heavy atom. The lowest BCUT2D eigenvalue weighted by molar-refractivity contribution is 0.287. The molecule has 2 unspecified atom stereocenters. The van der Waals surface area contributed by atoms with Crippen molar-refractivity contribution in [3.63, 3.8) is 0 Å². The van der Waals surface area contributed by atoms with Crippen LogP contribution in [-0.2, 0) is 6.42 Å². The zero-order chi connectivity index (χ0) is 13.0. The Bertz CT molecular complexity index is 390. The van der Waals surface area contributed by atoms with Crippen molar-refractivity contribution in [2.24, 2.45) is 5.92 Å². The molecule has 18 heavy (non-hydrogen) atoms. The molecule has 0 spiro atoms. The molecule has 1 aliphatic carbocycles. The third-order valence-electron chi connectivity index (χ3n) is 3.78. The van der Waals surface area contributed by atoms with Crippen LogP contribution in [0.1, 0.15) is 38.2 Å². The molecule has 1 aromatic rings. The monoisotopic (exact) mass is 285 g/mol. The summed E-state index contributed by atoms with van der Waals surface area (Å²) in [4.78, 5) is 0. The van der Waals surface area contributed by atoms with Gasteiger partial charge in [0, 0.05) is 6.04 Å². The molecule has 0 aliphatic heterocycles. The number of nitrogens with one attached hydrogen (secondary N) is 1. The second-order valence-corrected chi connectivity index (χ2v) is 6.05. The van der Waals surface area contributed by atoms with E-state index in [9.17, 15) is 0 Å². The lowest BCUT2D eigenvalue weighted by Crippen LogP contribution is -2.34. The largest absolute Gasteiger partial charge is 0.314 e. The molecule has 0 aromatic heterocycles. The highest BCUT2D eigenvalue weighted by atomic mass is 35.5. The van der Waals surface area contributed by atoms with Crippen molar-refractivity contribution in [1.82, 2.24) is 5.32 Å². The Labute approximate surface area is 120 Å². The second-order valence-electron chi connectivity index (χ2n) is 5.24. The van der Waals surface area contributed by atoms with Crippen LogP contribution in [0.3, 0.4) is 0 Å². The van der Waals surface area contributed by atoms with Gasteiger partial charge in [0.2, 0.25) is 0 Å². The third kappa shape index (κ3) is 3.88. The second kappa shape index (κ2) is 6.79. The van der Waals surface area contributed by atoms with Gasteiger partial charge in [-0.15, -0.1) is 0 Å². The van der Waals surface area contributed by atoms with Crippen LogP contribution >= 0.6 is 23.2 Å².